The molecule has 0 unspecified atom stereocenters. The SMILES string of the molecule is CCc1ccccc1Nc1cc(Nc2cc(C)ccc2OC)nc(C)n1. The Labute approximate surface area is 154 Å². The van der Waals surface area contributed by atoms with Crippen LogP contribution in [-0.4, -0.2) is 17.1 Å². The average molecular weight is 348 g/mol. The van der Waals surface area contributed by atoms with Crippen molar-refractivity contribution in [2.45, 2.75) is 27.2 Å². The van der Waals surface area contributed by atoms with Gasteiger partial charge in [0.25, 0.3) is 0 Å². The summed E-state index contributed by atoms with van der Waals surface area (Å²) in [7, 11) is 1.66. The topological polar surface area (TPSA) is 59.1 Å². The quantitative estimate of drug-likeness (QED) is 0.645. The Balaban J connectivity index is 1.90. The van der Waals surface area contributed by atoms with E-state index >= 15 is 0 Å². The zero-order valence-corrected chi connectivity index (χ0v) is 15.6. The molecule has 0 saturated heterocycles. The van der Waals surface area contributed by atoms with Gasteiger partial charge in [-0.15, -0.1) is 0 Å². The van der Waals surface area contributed by atoms with Crippen molar-refractivity contribution < 1.29 is 4.74 Å². The lowest BCUT2D eigenvalue weighted by molar-refractivity contribution is 0.416. The molecule has 0 atom stereocenters. The highest BCUT2D eigenvalue weighted by molar-refractivity contribution is 5.68. The number of aryl methyl sites for hydroxylation is 3. The number of nitrogens with zero attached hydrogens (tertiary/aromatic N) is 2. The molecule has 3 rings (SSSR count). The first-order chi connectivity index (χ1) is 12.6. The molecule has 0 aliphatic carbocycles. The molecule has 0 saturated carbocycles. The number of hydrogen-bond acceptors (Lipinski definition) is 5. The first-order valence-electron chi connectivity index (χ1n) is 8.71. The minimum absolute atomic E-state index is 0.693. The van der Waals surface area contributed by atoms with Crippen LogP contribution in [-0.2, 0) is 6.42 Å². The van der Waals surface area contributed by atoms with Crippen LogP contribution in [0, 0.1) is 13.8 Å². The van der Waals surface area contributed by atoms with Crippen molar-refractivity contribution in [1.29, 1.82) is 0 Å². The molecule has 3 aromatic rings. The number of nitrogens with one attached hydrogen (secondary N) is 2. The average Bonchev–Trinajstić information content (AvgIpc) is 2.62. The molecule has 1 heterocycles. The summed E-state index contributed by atoms with van der Waals surface area (Å²) >= 11 is 0. The molecule has 0 aliphatic rings. The van der Waals surface area contributed by atoms with Gasteiger partial charge in [0.15, 0.2) is 0 Å². The second-order valence-corrected chi connectivity index (χ2v) is 6.15. The van der Waals surface area contributed by atoms with E-state index in [1.165, 1.54) is 5.56 Å². The van der Waals surface area contributed by atoms with Gasteiger partial charge in [-0.2, -0.15) is 0 Å². The predicted octanol–water partition coefficient (Wildman–Crippen LogP) is 5.15. The second kappa shape index (κ2) is 7.87. The number of hydrogen-bond donors (Lipinski definition) is 2. The lowest BCUT2D eigenvalue weighted by atomic mass is 10.1. The van der Waals surface area contributed by atoms with Crippen molar-refractivity contribution in [2.75, 3.05) is 17.7 Å². The van der Waals surface area contributed by atoms with E-state index in [1.54, 1.807) is 7.11 Å². The van der Waals surface area contributed by atoms with Crippen LogP contribution >= 0.6 is 0 Å². The molecule has 2 N–H and O–H groups in total. The molecule has 0 spiro atoms. The number of ether oxygens (including phenoxy) is 1. The van der Waals surface area contributed by atoms with Gasteiger partial charge in [-0.3, -0.25) is 0 Å². The van der Waals surface area contributed by atoms with Crippen molar-refractivity contribution in [3.63, 3.8) is 0 Å². The van der Waals surface area contributed by atoms with Crippen LogP contribution in [0.1, 0.15) is 23.9 Å². The molecular weight excluding hydrogens is 324 g/mol. The third-order valence-corrected chi connectivity index (χ3v) is 4.12. The fourth-order valence-electron chi connectivity index (χ4n) is 2.84. The molecule has 5 heteroatoms. The summed E-state index contributed by atoms with van der Waals surface area (Å²) in [5.41, 5.74) is 4.34. The van der Waals surface area contributed by atoms with Crippen LogP contribution in [0.5, 0.6) is 5.75 Å². The van der Waals surface area contributed by atoms with Crippen molar-refractivity contribution in [3.8, 4) is 5.75 Å². The van der Waals surface area contributed by atoms with Crippen LogP contribution in [0.25, 0.3) is 0 Å². The molecular formula is C21H24N4O. The van der Waals surface area contributed by atoms with Crippen LogP contribution in [0.3, 0.4) is 0 Å². The Kier molecular flexibility index (Phi) is 5.37. The zero-order chi connectivity index (χ0) is 18.5. The normalized spacial score (nSPS) is 10.5. The first-order valence-corrected chi connectivity index (χ1v) is 8.71. The molecule has 0 bridgehead atoms. The number of para-hydroxylation sites is 1. The Morgan fingerprint density at radius 3 is 2.27 bits per heavy atom. The summed E-state index contributed by atoms with van der Waals surface area (Å²) in [5.74, 6) is 2.95. The van der Waals surface area contributed by atoms with Crippen LogP contribution in [0.2, 0.25) is 0 Å². The van der Waals surface area contributed by atoms with E-state index in [-0.39, 0.29) is 0 Å². The fraction of sp³-hybridized carbons (Fsp3) is 0.238. The standard InChI is InChI=1S/C21H24N4O/c1-5-16-8-6-7-9-17(16)24-20-13-21(23-15(3)22-20)25-18-12-14(2)10-11-19(18)26-4/h6-13H,5H2,1-4H3,(H2,22,23,24,25). The molecule has 0 radical (unpaired) electrons. The predicted molar refractivity (Wildman–Crippen MR) is 107 cm³/mol. The van der Waals surface area contributed by atoms with Gasteiger partial charge < -0.3 is 15.4 Å². The highest BCUT2D eigenvalue weighted by Gasteiger charge is 2.08. The molecule has 1 aromatic heterocycles. The van der Waals surface area contributed by atoms with Gasteiger partial charge in [-0.1, -0.05) is 31.2 Å². The lowest BCUT2D eigenvalue weighted by Gasteiger charge is -2.14. The minimum Gasteiger partial charge on any atom is -0.495 e. The molecule has 0 amide bonds. The Morgan fingerprint density at radius 1 is 0.885 bits per heavy atom. The summed E-state index contributed by atoms with van der Waals surface area (Å²) in [6, 6.07) is 16.2. The second-order valence-electron chi connectivity index (χ2n) is 6.15. The summed E-state index contributed by atoms with van der Waals surface area (Å²) in [4.78, 5) is 9.01. The van der Waals surface area contributed by atoms with E-state index in [9.17, 15) is 0 Å². The Hall–Kier alpha value is -3.08. The van der Waals surface area contributed by atoms with E-state index in [4.69, 9.17) is 4.74 Å². The molecule has 134 valence electrons. The third-order valence-electron chi connectivity index (χ3n) is 4.12. The minimum atomic E-state index is 0.693. The van der Waals surface area contributed by atoms with Gasteiger partial charge in [0.2, 0.25) is 0 Å². The van der Waals surface area contributed by atoms with Gasteiger partial charge in [-0.05, 0) is 49.6 Å². The van der Waals surface area contributed by atoms with Crippen LogP contribution in [0.15, 0.2) is 48.5 Å². The van der Waals surface area contributed by atoms with E-state index in [1.807, 2.05) is 50.2 Å². The lowest BCUT2D eigenvalue weighted by Crippen LogP contribution is -2.03. The van der Waals surface area contributed by atoms with Crippen LogP contribution < -0.4 is 15.4 Å². The maximum atomic E-state index is 5.44. The Bertz CT molecular complexity index is 908. The molecule has 0 aliphatic heterocycles. The van der Waals surface area contributed by atoms with E-state index in [0.29, 0.717) is 5.82 Å². The van der Waals surface area contributed by atoms with Gasteiger partial charge in [0.1, 0.15) is 23.2 Å². The van der Waals surface area contributed by atoms with Crippen molar-refractivity contribution in [3.05, 3.63) is 65.5 Å². The summed E-state index contributed by atoms with van der Waals surface area (Å²) in [6.45, 7) is 6.07. The highest BCUT2D eigenvalue weighted by Crippen LogP contribution is 2.29. The largest absolute Gasteiger partial charge is 0.495 e. The number of rotatable bonds is 6. The summed E-state index contributed by atoms with van der Waals surface area (Å²) in [5, 5.41) is 6.75. The van der Waals surface area contributed by atoms with Gasteiger partial charge >= 0.3 is 0 Å². The maximum absolute atomic E-state index is 5.44. The number of benzene rings is 2. The smallest absolute Gasteiger partial charge is 0.142 e. The molecule has 2 aromatic carbocycles. The fourth-order valence-corrected chi connectivity index (χ4v) is 2.84. The third kappa shape index (κ3) is 4.11. The van der Waals surface area contributed by atoms with E-state index in [0.717, 1.165) is 40.7 Å². The zero-order valence-electron chi connectivity index (χ0n) is 15.6. The van der Waals surface area contributed by atoms with Gasteiger partial charge in [0, 0.05) is 11.8 Å². The number of methoxy groups -OCH3 is 1. The van der Waals surface area contributed by atoms with E-state index in [2.05, 4.69) is 39.7 Å². The van der Waals surface area contributed by atoms with Crippen LogP contribution in [0.4, 0.5) is 23.0 Å². The van der Waals surface area contributed by atoms with Crippen molar-refractivity contribution in [2.24, 2.45) is 0 Å². The molecule has 26 heavy (non-hydrogen) atoms. The monoisotopic (exact) mass is 348 g/mol. The van der Waals surface area contributed by atoms with Crippen molar-refractivity contribution in [1.82, 2.24) is 9.97 Å². The van der Waals surface area contributed by atoms with Crippen molar-refractivity contribution >= 4 is 23.0 Å². The molecule has 5 nitrogen and oxygen atoms in total. The first kappa shape index (κ1) is 17.7. The van der Waals surface area contributed by atoms with E-state index < -0.39 is 0 Å². The number of anilines is 4. The maximum Gasteiger partial charge on any atom is 0.142 e. The number of aromatic nitrogens is 2. The molecule has 0 fully saturated rings. The Morgan fingerprint density at radius 2 is 1.58 bits per heavy atom. The summed E-state index contributed by atoms with van der Waals surface area (Å²) in [6.07, 6.45) is 0.957. The summed E-state index contributed by atoms with van der Waals surface area (Å²) < 4.78 is 5.44. The van der Waals surface area contributed by atoms with Gasteiger partial charge in [-0.25, -0.2) is 9.97 Å². The highest BCUT2D eigenvalue weighted by atomic mass is 16.5. The van der Waals surface area contributed by atoms with Gasteiger partial charge in [0.05, 0.1) is 12.8 Å².